The van der Waals surface area contributed by atoms with Crippen LogP contribution in [0.2, 0.25) is 0 Å². The third kappa shape index (κ3) is 2.31. The van der Waals surface area contributed by atoms with Gasteiger partial charge < -0.3 is 15.0 Å². The first kappa shape index (κ1) is 14.5. The number of hydrogen-bond acceptors (Lipinski definition) is 5. The van der Waals surface area contributed by atoms with Crippen LogP contribution in [0.15, 0.2) is 24.7 Å². The molecule has 0 saturated carbocycles. The third-order valence-electron chi connectivity index (χ3n) is 3.78. The minimum absolute atomic E-state index is 0.190. The maximum absolute atomic E-state index is 12.7. The van der Waals surface area contributed by atoms with Crippen LogP contribution >= 0.6 is 0 Å². The Kier molecular flexibility index (Phi) is 3.53. The molecule has 0 radical (unpaired) electrons. The third-order valence-corrected chi connectivity index (χ3v) is 3.78. The topological polar surface area (TPSA) is 88.8 Å². The summed E-state index contributed by atoms with van der Waals surface area (Å²) < 4.78 is 7.11. The number of carbonyl (C=O) groups excluding carboxylic acids is 2. The van der Waals surface area contributed by atoms with E-state index in [1.807, 2.05) is 0 Å². The van der Waals surface area contributed by atoms with Crippen molar-refractivity contribution >= 4 is 17.5 Å². The molecule has 0 bridgehead atoms. The summed E-state index contributed by atoms with van der Waals surface area (Å²) in [6, 6.07) is 1.74. The summed E-state index contributed by atoms with van der Waals surface area (Å²) in [6.45, 7) is 2.60. The molecule has 1 aliphatic rings. The predicted octanol–water partition coefficient (Wildman–Crippen LogP) is -0.294. The van der Waals surface area contributed by atoms with E-state index in [4.69, 9.17) is 4.74 Å². The summed E-state index contributed by atoms with van der Waals surface area (Å²) in [7, 11) is 1.55. The first-order chi connectivity index (χ1) is 10.5. The molecule has 3 rings (SSSR count). The van der Waals surface area contributed by atoms with Gasteiger partial charge in [0.2, 0.25) is 0 Å². The molecular formula is C14H17N5O3. The molecule has 1 atom stereocenters. The van der Waals surface area contributed by atoms with Gasteiger partial charge in [-0.05, 0) is 13.0 Å². The second-order valence-corrected chi connectivity index (χ2v) is 5.33. The first-order valence-corrected chi connectivity index (χ1v) is 6.99. The quantitative estimate of drug-likeness (QED) is 0.823. The van der Waals surface area contributed by atoms with Crippen molar-refractivity contribution in [3.05, 3.63) is 30.2 Å². The molecule has 1 saturated heterocycles. The number of morpholine rings is 1. The number of amides is 2. The Bertz CT molecular complexity index is 728. The van der Waals surface area contributed by atoms with Crippen molar-refractivity contribution in [2.45, 2.75) is 12.5 Å². The summed E-state index contributed by atoms with van der Waals surface area (Å²) in [5, 5.41) is 6.69. The SMILES string of the molecule is CNC(=O)[C@@]1(C)CN(C(=O)c2cnn3cccnc23)CCO1. The minimum atomic E-state index is -1.04. The summed E-state index contributed by atoms with van der Waals surface area (Å²) in [6.07, 6.45) is 4.84. The molecule has 0 aliphatic carbocycles. The Morgan fingerprint density at radius 2 is 2.27 bits per heavy atom. The largest absolute Gasteiger partial charge is 0.362 e. The molecule has 3 heterocycles. The van der Waals surface area contributed by atoms with Crippen LogP contribution in [0.25, 0.3) is 5.65 Å². The van der Waals surface area contributed by atoms with Crippen molar-refractivity contribution in [2.75, 3.05) is 26.7 Å². The zero-order valence-electron chi connectivity index (χ0n) is 12.4. The Morgan fingerprint density at radius 1 is 1.45 bits per heavy atom. The fraction of sp³-hybridized carbons (Fsp3) is 0.429. The Hall–Kier alpha value is -2.48. The van der Waals surface area contributed by atoms with Crippen molar-refractivity contribution in [1.82, 2.24) is 24.8 Å². The van der Waals surface area contributed by atoms with Gasteiger partial charge in [-0.2, -0.15) is 5.10 Å². The Balaban J connectivity index is 1.87. The monoisotopic (exact) mass is 303 g/mol. The smallest absolute Gasteiger partial charge is 0.259 e. The lowest BCUT2D eigenvalue weighted by Crippen LogP contribution is -2.58. The number of ether oxygens (including phenoxy) is 1. The summed E-state index contributed by atoms with van der Waals surface area (Å²) >= 11 is 0. The lowest BCUT2D eigenvalue weighted by atomic mass is 10.0. The summed E-state index contributed by atoms with van der Waals surface area (Å²) in [5.41, 5.74) is -0.124. The van der Waals surface area contributed by atoms with Crippen molar-refractivity contribution in [3.8, 4) is 0 Å². The molecule has 8 nitrogen and oxygen atoms in total. The predicted molar refractivity (Wildman–Crippen MR) is 77.3 cm³/mol. The van der Waals surface area contributed by atoms with E-state index in [0.717, 1.165) is 0 Å². The van der Waals surface area contributed by atoms with Gasteiger partial charge in [0, 0.05) is 26.0 Å². The van der Waals surface area contributed by atoms with Gasteiger partial charge >= 0.3 is 0 Å². The van der Waals surface area contributed by atoms with E-state index in [1.165, 1.54) is 6.20 Å². The molecular weight excluding hydrogens is 286 g/mol. The highest BCUT2D eigenvalue weighted by molar-refractivity contribution is 6.00. The van der Waals surface area contributed by atoms with E-state index in [1.54, 1.807) is 41.8 Å². The highest BCUT2D eigenvalue weighted by Gasteiger charge is 2.40. The fourth-order valence-electron chi connectivity index (χ4n) is 2.59. The highest BCUT2D eigenvalue weighted by Crippen LogP contribution is 2.20. The van der Waals surface area contributed by atoms with Crippen LogP contribution in [0.5, 0.6) is 0 Å². The van der Waals surface area contributed by atoms with E-state index < -0.39 is 5.60 Å². The van der Waals surface area contributed by atoms with E-state index >= 15 is 0 Å². The number of rotatable bonds is 2. The molecule has 22 heavy (non-hydrogen) atoms. The number of fused-ring (bicyclic) bond motifs is 1. The highest BCUT2D eigenvalue weighted by atomic mass is 16.5. The molecule has 116 valence electrons. The van der Waals surface area contributed by atoms with Gasteiger partial charge in [-0.25, -0.2) is 9.50 Å². The number of nitrogens with one attached hydrogen (secondary N) is 1. The second-order valence-electron chi connectivity index (χ2n) is 5.33. The molecule has 0 unspecified atom stereocenters. The zero-order chi connectivity index (χ0) is 15.7. The first-order valence-electron chi connectivity index (χ1n) is 6.99. The van der Waals surface area contributed by atoms with Gasteiger partial charge in [0.05, 0.1) is 19.3 Å². The zero-order valence-corrected chi connectivity index (χ0v) is 12.4. The van der Waals surface area contributed by atoms with Crippen LogP contribution in [0.1, 0.15) is 17.3 Å². The normalized spacial score (nSPS) is 21.8. The van der Waals surface area contributed by atoms with Crippen LogP contribution in [-0.2, 0) is 9.53 Å². The fourth-order valence-corrected chi connectivity index (χ4v) is 2.59. The lowest BCUT2D eigenvalue weighted by molar-refractivity contribution is -0.153. The Morgan fingerprint density at radius 3 is 3.05 bits per heavy atom. The maximum atomic E-state index is 12.7. The number of likely N-dealkylation sites (N-methyl/N-ethyl adjacent to an activating group) is 1. The summed E-state index contributed by atoms with van der Waals surface area (Å²) in [5.74, 6) is -0.449. The van der Waals surface area contributed by atoms with Crippen molar-refractivity contribution in [2.24, 2.45) is 0 Å². The van der Waals surface area contributed by atoms with E-state index in [-0.39, 0.29) is 18.4 Å². The van der Waals surface area contributed by atoms with Gasteiger partial charge in [-0.1, -0.05) is 0 Å². The van der Waals surface area contributed by atoms with E-state index in [0.29, 0.717) is 24.4 Å². The van der Waals surface area contributed by atoms with Gasteiger partial charge in [-0.3, -0.25) is 9.59 Å². The molecule has 1 aliphatic heterocycles. The van der Waals surface area contributed by atoms with Crippen LogP contribution in [-0.4, -0.2) is 63.7 Å². The standard InChI is InChI=1S/C14H17N5O3/c1-14(13(21)15-2)9-18(6-7-22-14)12(20)10-8-17-19-5-3-4-16-11(10)19/h3-5,8H,6-7,9H2,1-2H3,(H,15,21)/t14-/m1/s1. The second kappa shape index (κ2) is 5.38. The molecule has 8 heteroatoms. The van der Waals surface area contributed by atoms with Crippen molar-refractivity contribution in [1.29, 1.82) is 0 Å². The van der Waals surface area contributed by atoms with Crippen LogP contribution < -0.4 is 5.32 Å². The van der Waals surface area contributed by atoms with Crippen LogP contribution in [0.3, 0.4) is 0 Å². The maximum Gasteiger partial charge on any atom is 0.259 e. The van der Waals surface area contributed by atoms with Gasteiger partial charge in [0.15, 0.2) is 11.2 Å². The number of nitrogens with zero attached hydrogens (tertiary/aromatic N) is 4. The lowest BCUT2D eigenvalue weighted by Gasteiger charge is -2.38. The summed E-state index contributed by atoms with van der Waals surface area (Å²) in [4.78, 5) is 30.5. The molecule has 1 fully saturated rings. The average molecular weight is 303 g/mol. The molecule has 1 N–H and O–H groups in total. The Labute approximate surface area is 127 Å². The molecule has 2 aromatic heterocycles. The van der Waals surface area contributed by atoms with E-state index in [2.05, 4.69) is 15.4 Å². The number of hydrogen-bond donors (Lipinski definition) is 1. The van der Waals surface area contributed by atoms with Crippen LogP contribution in [0.4, 0.5) is 0 Å². The van der Waals surface area contributed by atoms with Crippen molar-refractivity contribution < 1.29 is 14.3 Å². The molecule has 2 amide bonds. The molecule has 0 spiro atoms. The molecule has 0 aromatic carbocycles. The van der Waals surface area contributed by atoms with Gasteiger partial charge in [-0.15, -0.1) is 0 Å². The number of carbonyl (C=O) groups is 2. The number of aromatic nitrogens is 3. The molecule has 2 aromatic rings. The average Bonchev–Trinajstić information content (AvgIpc) is 2.97. The van der Waals surface area contributed by atoms with Gasteiger partial charge in [0.1, 0.15) is 5.56 Å². The van der Waals surface area contributed by atoms with Gasteiger partial charge in [0.25, 0.3) is 11.8 Å². The van der Waals surface area contributed by atoms with Crippen LogP contribution in [0, 0.1) is 0 Å². The van der Waals surface area contributed by atoms with E-state index in [9.17, 15) is 9.59 Å². The van der Waals surface area contributed by atoms with Crippen molar-refractivity contribution in [3.63, 3.8) is 0 Å². The minimum Gasteiger partial charge on any atom is -0.362 e.